The molecule has 0 saturated carbocycles. The molecule has 0 bridgehead atoms. The Morgan fingerprint density at radius 1 is 1.50 bits per heavy atom. The number of aliphatic hydroxyl groups excluding tert-OH is 1. The molecule has 2 aromatic heterocycles. The van der Waals surface area contributed by atoms with Crippen LogP contribution in [0.4, 0.5) is 11.5 Å². The number of nitrogens with zero attached hydrogens (tertiary/aromatic N) is 5. The zero-order valence-electron chi connectivity index (χ0n) is 10.4. The number of hydrogen-bond donors (Lipinski definition) is 2. The lowest BCUT2D eigenvalue weighted by atomic mass is 10.3. The van der Waals surface area contributed by atoms with Gasteiger partial charge in [0.25, 0.3) is 0 Å². The highest BCUT2D eigenvalue weighted by molar-refractivity contribution is 5.69. The zero-order valence-corrected chi connectivity index (χ0v) is 10.4. The molecule has 0 fully saturated rings. The van der Waals surface area contributed by atoms with Gasteiger partial charge in [0.05, 0.1) is 6.10 Å². The van der Waals surface area contributed by atoms with Gasteiger partial charge in [0.2, 0.25) is 0 Å². The van der Waals surface area contributed by atoms with Crippen LogP contribution in [0.1, 0.15) is 6.92 Å². The molecule has 1 atom stereocenters. The van der Waals surface area contributed by atoms with Crippen molar-refractivity contribution in [1.82, 2.24) is 19.7 Å². The van der Waals surface area contributed by atoms with Gasteiger partial charge in [-0.25, -0.2) is 14.6 Å². The highest BCUT2D eigenvalue weighted by Crippen LogP contribution is 2.23. The molecule has 0 aliphatic rings. The van der Waals surface area contributed by atoms with E-state index in [-0.39, 0.29) is 0 Å². The van der Waals surface area contributed by atoms with E-state index in [9.17, 15) is 5.11 Å². The quantitative estimate of drug-likeness (QED) is 0.795. The third-order valence-electron chi connectivity index (χ3n) is 2.46. The van der Waals surface area contributed by atoms with E-state index in [1.54, 1.807) is 35.0 Å². The summed E-state index contributed by atoms with van der Waals surface area (Å²) in [6.45, 7) is 2.15. The highest BCUT2D eigenvalue weighted by Gasteiger charge is 2.14. The smallest absolute Gasteiger partial charge is 0.181 e. The SMILES string of the molecule is C[C@H](O)CN(C)c1ncnc(-n2cccn2)c1N. The number of hydrogen-bond acceptors (Lipinski definition) is 6. The van der Waals surface area contributed by atoms with E-state index in [0.717, 1.165) is 0 Å². The number of rotatable bonds is 4. The average Bonchev–Trinajstić information content (AvgIpc) is 2.81. The fourth-order valence-corrected chi connectivity index (χ4v) is 1.74. The van der Waals surface area contributed by atoms with Crippen LogP contribution < -0.4 is 10.6 Å². The second kappa shape index (κ2) is 5.01. The van der Waals surface area contributed by atoms with Crippen molar-refractivity contribution < 1.29 is 5.11 Å². The van der Waals surface area contributed by atoms with Gasteiger partial charge >= 0.3 is 0 Å². The monoisotopic (exact) mass is 248 g/mol. The van der Waals surface area contributed by atoms with Crippen LogP contribution in [0.3, 0.4) is 0 Å². The molecule has 0 aliphatic carbocycles. The van der Waals surface area contributed by atoms with Crippen LogP contribution >= 0.6 is 0 Å². The maximum atomic E-state index is 9.38. The molecule has 2 heterocycles. The summed E-state index contributed by atoms with van der Waals surface area (Å²) in [6, 6.07) is 1.79. The number of nitrogen functional groups attached to an aromatic ring is 1. The number of likely N-dealkylation sites (N-methyl/N-ethyl adjacent to an activating group) is 1. The summed E-state index contributed by atoms with van der Waals surface area (Å²) in [5.74, 6) is 1.11. The molecule has 2 rings (SSSR count). The standard InChI is InChI=1S/C11H16N6O/c1-8(18)6-16(2)10-9(12)11(14-7-13-10)17-5-3-4-15-17/h3-5,7-8,18H,6,12H2,1-2H3/t8-/m0/s1. The minimum atomic E-state index is -0.461. The molecule has 0 amide bonds. The van der Waals surface area contributed by atoms with Crippen molar-refractivity contribution in [2.45, 2.75) is 13.0 Å². The first kappa shape index (κ1) is 12.3. The molecule has 7 nitrogen and oxygen atoms in total. The van der Waals surface area contributed by atoms with Crippen molar-refractivity contribution in [3.8, 4) is 5.82 Å². The van der Waals surface area contributed by atoms with Gasteiger partial charge in [0.15, 0.2) is 11.6 Å². The molecule has 18 heavy (non-hydrogen) atoms. The molecule has 0 spiro atoms. The number of aliphatic hydroxyl groups is 1. The van der Waals surface area contributed by atoms with E-state index >= 15 is 0 Å². The van der Waals surface area contributed by atoms with Gasteiger partial charge in [-0.1, -0.05) is 0 Å². The lowest BCUT2D eigenvalue weighted by Crippen LogP contribution is -2.28. The summed E-state index contributed by atoms with van der Waals surface area (Å²) in [7, 11) is 1.82. The molecule has 0 unspecified atom stereocenters. The number of nitrogens with two attached hydrogens (primary N) is 1. The Hall–Kier alpha value is -2.15. The fraction of sp³-hybridized carbons (Fsp3) is 0.364. The zero-order chi connectivity index (χ0) is 13.1. The van der Waals surface area contributed by atoms with Crippen molar-refractivity contribution in [1.29, 1.82) is 0 Å². The molecule has 3 N–H and O–H groups in total. The van der Waals surface area contributed by atoms with E-state index in [4.69, 9.17) is 5.73 Å². The molecular weight excluding hydrogens is 232 g/mol. The number of anilines is 2. The fourth-order valence-electron chi connectivity index (χ4n) is 1.74. The molecule has 7 heteroatoms. The average molecular weight is 248 g/mol. The Morgan fingerprint density at radius 3 is 2.89 bits per heavy atom. The Kier molecular flexibility index (Phi) is 3.42. The summed E-state index contributed by atoms with van der Waals surface area (Å²) in [4.78, 5) is 10.0. The second-order valence-electron chi connectivity index (χ2n) is 4.11. The Morgan fingerprint density at radius 2 is 2.28 bits per heavy atom. The summed E-state index contributed by atoms with van der Waals surface area (Å²) in [5.41, 5.74) is 6.48. The first-order valence-electron chi connectivity index (χ1n) is 5.59. The third-order valence-corrected chi connectivity index (χ3v) is 2.46. The minimum absolute atomic E-state index is 0.435. The van der Waals surface area contributed by atoms with Gasteiger partial charge in [-0.2, -0.15) is 5.10 Å². The van der Waals surface area contributed by atoms with Crippen LogP contribution in [-0.2, 0) is 0 Å². The third kappa shape index (κ3) is 2.40. The number of aromatic nitrogens is 4. The van der Waals surface area contributed by atoms with Crippen LogP contribution in [0.2, 0.25) is 0 Å². The van der Waals surface area contributed by atoms with Crippen LogP contribution in [0, 0.1) is 0 Å². The van der Waals surface area contributed by atoms with E-state index in [0.29, 0.717) is 23.9 Å². The molecule has 0 radical (unpaired) electrons. The largest absolute Gasteiger partial charge is 0.393 e. The molecule has 2 aromatic rings. The van der Waals surface area contributed by atoms with Gasteiger partial charge in [-0.15, -0.1) is 0 Å². The molecule has 96 valence electrons. The van der Waals surface area contributed by atoms with Crippen molar-refractivity contribution in [3.05, 3.63) is 24.8 Å². The van der Waals surface area contributed by atoms with Gasteiger partial charge in [0.1, 0.15) is 12.0 Å². The molecule has 0 aliphatic heterocycles. The topological polar surface area (TPSA) is 93.1 Å². The van der Waals surface area contributed by atoms with Crippen LogP contribution in [0.5, 0.6) is 0 Å². The van der Waals surface area contributed by atoms with Gasteiger partial charge in [0, 0.05) is 26.0 Å². The maximum Gasteiger partial charge on any atom is 0.181 e. The first-order chi connectivity index (χ1) is 8.59. The normalized spacial score (nSPS) is 12.4. The predicted molar refractivity (Wildman–Crippen MR) is 68.5 cm³/mol. The van der Waals surface area contributed by atoms with Crippen molar-refractivity contribution >= 4 is 11.5 Å². The van der Waals surface area contributed by atoms with Crippen molar-refractivity contribution in [2.75, 3.05) is 24.2 Å². The molecular formula is C11H16N6O. The van der Waals surface area contributed by atoms with Crippen LogP contribution in [-0.4, -0.2) is 44.6 Å². The van der Waals surface area contributed by atoms with Gasteiger partial charge in [-0.05, 0) is 13.0 Å². The first-order valence-corrected chi connectivity index (χ1v) is 5.59. The second-order valence-corrected chi connectivity index (χ2v) is 4.11. The lowest BCUT2D eigenvalue weighted by molar-refractivity contribution is 0.201. The summed E-state index contributed by atoms with van der Waals surface area (Å²) < 4.78 is 1.58. The Balaban J connectivity index is 2.36. The van der Waals surface area contributed by atoms with E-state index in [1.807, 2.05) is 7.05 Å². The van der Waals surface area contributed by atoms with E-state index in [2.05, 4.69) is 15.1 Å². The Labute approximate surface area is 105 Å². The highest BCUT2D eigenvalue weighted by atomic mass is 16.3. The van der Waals surface area contributed by atoms with Crippen molar-refractivity contribution in [2.24, 2.45) is 0 Å². The van der Waals surface area contributed by atoms with Crippen LogP contribution in [0.15, 0.2) is 24.8 Å². The predicted octanol–water partition coefficient (Wildman–Crippen LogP) is 0.0615. The molecule has 0 aromatic carbocycles. The Bertz CT molecular complexity index is 510. The summed E-state index contributed by atoms with van der Waals surface area (Å²) in [6.07, 6.45) is 4.39. The van der Waals surface area contributed by atoms with Gasteiger partial charge in [-0.3, -0.25) is 0 Å². The van der Waals surface area contributed by atoms with E-state index < -0.39 is 6.10 Å². The lowest BCUT2D eigenvalue weighted by Gasteiger charge is -2.21. The maximum absolute atomic E-state index is 9.38. The summed E-state index contributed by atoms with van der Waals surface area (Å²) in [5, 5.41) is 13.5. The molecule has 0 saturated heterocycles. The van der Waals surface area contributed by atoms with Crippen molar-refractivity contribution in [3.63, 3.8) is 0 Å². The van der Waals surface area contributed by atoms with Crippen LogP contribution in [0.25, 0.3) is 5.82 Å². The van der Waals surface area contributed by atoms with Gasteiger partial charge < -0.3 is 15.7 Å². The van der Waals surface area contributed by atoms with E-state index in [1.165, 1.54) is 6.33 Å². The summed E-state index contributed by atoms with van der Waals surface area (Å²) >= 11 is 0. The minimum Gasteiger partial charge on any atom is -0.393 e.